The fraction of sp³-hybridized carbons (Fsp3) is 0.286. The molecule has 1 heterocycles. The van der Waals surface area contributed by atoms with Crippen LogP contribution in [0.25, 0.3) is 11.1 Å². The van der Waals surface area contributed by atoms with Gasteiger partial charge in [-0.15, -0.1) is 0 Å². The summed E-state index contributed by atoms with van der Waals surface area (Å²) >= 11 is 0. The molecule has 1 heteroatoms. The third-order valence-electron chi connectivity index (χ3n) is 3.02. The number of hydrogen-bond acceptors (Lipinski definition) is 0. The van der Waals surface area contributed by atoms with Gasteiger partial charge in [0.1, 0.15) is 0 Å². The third-order valence-corrected chi connectivity index (χ3v) is 3.02. The largest absolute Gasteiger partial charge is 0.354 e. The number of aromatic nitrogens is 1. The molecule has 0 saturated heterocycles. The Morgan fingerprint density at radius 3 is 2.07 bits per heavy atom. The lowest BCUT2D eigenvalue weighted by atomic mass is 9.98. The van der Waals surface area contributed by atoms with Crippen LogP contribution in [0.2, 0.25) is 0 Å². The maximum absolute atomic E-state index is 2.25. The van der Waals surface area contributed by atoms with E-state index in [2.05, 4.69) is 62.8 Å². The van der Waals surface area contributed by atoms with E-state index in [4.69, 9.17) is 0 Å². The quantitative estimate of drug-likeness (QED) is 0.661. The number of nitrogens with zero attached hydrogens (tertiary/aromatic N) is 1. The summed E-state index contributed by atoms with van der Waals surface area (Å²) in [4.78, 5) is 0. The van der Waals surface area contributed by atoms with Crippen LogP contribution in [-0.2, 0) is 7.05 Å². The van der Waals surface area contributed by atoms with Gasteiger partial charge < -0.3 is 4.57 Å². The van der Waals surface area contributed by atoms with Gasteiger partial charge in [-0.2, -0.15) is 0 Å². The van der Waals surface area contributed by atoms with E-state index >= 15 is 0 Å². The van der Waals surface area contributed by atoms with Gasteiger partial charge in [0.15, 0.2) is 0 Å². The Morgan fingerprint density at radius 2 is 1.60 bits per heavy atom. The SMILES string of the molecule is Cc1cccc(C)c1-c1cc(C)n(C)c1. The van der Waals surface area contributed by atoms with Crippen molar-refractivity contribution in [2.24, 2.45) is 7.05 Å². The van der Waals surface area contributed by atoms with Crippen molar-refractivity contribution in [3.63, 3.8) is 0 Å². The number of benzene rings is 1. The first-order valence-corrected chi connectivity index (χ1v) is 5.29. The average molecular weight is 199 g/mol. The van der Waals surface area contributed by atoms with Crippen molar-refractivity contribution in [1.82, 2.24) is 4.57 Å². The van der Waals surface area contributed by atoms with Crippen LogP contribution >= 0.6 is 0 Å². The summed E-state index contributed by atoms with van der Waals surface area (Å²) < 4.78 is 2.17. The van der Waals surface area contributed by atoms with E-state index in [1.807, 2.05) is 0 Å². The highest BCUT2D eigenvalue weighted by Crippen LogP contribution is 2.28. The number of rotatable bonds is 1. The zero-order valence-corrected chi connectivity index (χ0v) is 9.83. The molecule has 0 fully saturated rings. The second-order valence-corrected chi connectivity index (χ2v) is 4.25. The summed E-state index contributed by atoms with van der Waals surface area (Å²) in [6.07, 6.45) is 2.20. The molecule has 0 saturated carbocycles. The van der Waals surface area contributed by atoms with E-state index in [0.29, 0.717) is 0 Å². The molecule has 0 aliphatic rings. The summed E-state index contributed by atoms with van der Waals surface area (Å²) in [5.41, 5.74) is 6.70. The van der Waals surface area contributed by atoms with Crippen LogP contribution in [0.1, 0.15) is 16.8 Å². The average Bonchev–Trinajstić information content (AvgIpc) is 2.46. The molecule has 2 rings (SSSR count). The van der Waals surface area contributed by atoms with E-state index < -0.39 is 0 Å². The molecule has 2 aromatic rings. The molecular formula is C14H17N. The minimum atomic E-state index is 1.30. The van der Waals surface area contributed by atoms with Crippen molar-refractivity contribution in [2.75, 3.05) is 0 Å². The Bertz CT molecular complexity index is 452. The van der Waals surface area contributed by atoms with Gasteiger partial charge in [0, 0.05) is 24.5 Å². The van der Waals surface area contributed by atoms with E-state index in [-0.39, 0.29) is 0 Å². The summed E-state index contributed by atoms with van der Waals surface area (Å²) in [7, 11) is 2.09. The van der Waals surface area contributed by atoms with Crippen LogP contribution in [0.3, 0.4) is 0 Å². The smallest absolute Gasteiger partial charge is 0.0147 e. The van der Waals surface area contributed by atoms with Crippen LogP contribution in [0.4, 0.5) is 0 Å². The molecule has 0 aliphatic carbocycles. The lowest BCUT2D eigenvalue weighted by Gasteiger charge is -2.07. The molecule has 0 radical (unpaired) electrons. The number of aryl methyl sites for hydroxylation is 4. The Hall–Kier alpha value is -1.50. The molecule has 0 atom stereocenters. The highest BCUT2D eigenvalue weighted by molar-refractivity contribution is 5.70. The van der Waals surface area contributed by atoms with Gasteiger partial charge in [-0.3, -0.25) is 0 Å². The van der Waals surface area contributed by atoms with Gasteiger partial charge in [0.05, 0.1) is 0 Å². The van der Waals surface area contributed by atoms with Gasteiger partial charge in [0.2, 0.25) is 0 Å². The molecule has 78 valence electrons. The van der Waals surface area contributed by atoms with Crippen molar-refractivity contribution in [3.8, 4) is 11.1 Å². The summed E-state index contributed by atoms with van der Waals surface area (Å²) in [5.74, 6) is 0. The third kappa shape index (κ3) is 1.70. The van der Waals surface area contributed by atoms with Gasteiger partial charge in [-0.05, 0) is 43.5 Å². The molecule has 0 bridgehead atoms. The van der Waals surface area contributed by atoms with Gasteiger partial charge in [-0.25, -0.2) is 0 Å². The highest BCUT2D eigenvalue weighted by Gasteiger charge is 2.07. The minimum Gasteiger partial charge on any atom is -0.354 e. The van der Waals surface area contributed by atoms with Crippen LogP contribution in [0, 0.1) is 20.8 Å². The predicted molar refractivity (Wildman–Crippen MR) is 65.1 cm³/mol. The maximum atomic E-state index is 2.25. The van der Waals surface area contributed by atoms with Gasteiger partial charge in [-0.1, -0.05) is 18.2 Å². The molecule has 1 aromatic heterocycles. The summed E-state index contributed by atoms with van der Waals surface area (Å²) in [5, 5.41) is 0. The topological polar surface area (TPSA) is 4.93 Å². The first-order valence-electron chi connectivity index (χ1n) is 5.29. The molecular weight excluding hydrogens is 182 g/mol. The second-order valence-electron chi connectivity index (χ2n) is 4.25. The first kappa shape index (κ1) is 10.0. The normalized spacial score (nSPS) is 10.7. The maximum Gasteiger partial charge on any atom is 0.0147 e. The fourth-order valence-corrected chi connectivity index (χ4v) is 2.08. The molecule has 0 aliphatic heterocycles. The molecule has 0 unspecified atom stereocenters. The van der Waals surface area contributed by atoms with E-state index in [0.717, 1.165) is 0 Å². The van der Waals surface area contributed by atoms with Crippen LogP contribution in [0.15, 0.2) is 30.5 Å². The van der Waals surface area contributed by atoms with Crippen molar-refractivity contribution < 1.29 is 0 Å². The van der Waals surface area contributed by atoms with Crippen molar-refractivity contribution in [2.45, 2.75) is 20.8 Å². The first-order chi connectivity index (χ1) is 7.09. The fourth-order valence-electron chi connectivity index (χ4n) is 2.08. The second kappa shape index (κ2) is 3.58. The van der Waals surface area contributed by atoms with Gasteiger partial charge >= 0.3 is 0 Å². The molecule has 0 N–H and O–H groups in total. The van der Waals surface area contributed by atoms with E-state index in [9.17, 15) is 0 Å². The Balaban J connectivity index is 2.63. The Morgan fingerprint density at radius 1 is 1.00 bits per heavy atom. The van der Waals surface area contributed by atoms with Crippen molar-refractivity contribution >= 4 is 0 Å². The van der Waals surface area contributed by atoms with Gasteiger partial charge in [0.25, 0.3) is 0 Å². The number of hydrogen-bond donors (Lipinski definition) is 0. The van der Waals surface area contributed by atoms with E-state index in [1.54, 1.807) is 0 Å². The van der Waals surface area contributed by atoms with Crippen LogP contribution in [-0.4, -0.2) is 4.57 Å². The minimum absolute atomic E-state index is 1.30. The monoisotopic (exact) mass is 199 g/mol. The summed E-state index contributed by atoms with van der Waals surface area (Å²) in [6, 6.07) is 8.70. The van der Waals surface area contributed by atoms with Crippen LogP contribution < -0.4 is 0 Å². The molecule has 15 heavy (non-hydrogen) atoms. The van der Waals surface area contributed by atoms with Crippen molar-refractivity contribution in [3.05, 3.63) is 47.3 Å². The molecule has 0 spiro atoms. The molecule has 0 amide bonds. The molecule has 1 aromatic carbocycles. The molecule has 1 nitrogen and oxygen atoms in total. The zero-order valence-electron chi connectivity index (χ0n) is 9.83. The highest BCUT2D eigenvalue weighted by atomic mass is 14.9. The predicted octanol–water partition coefficient (Wildman–Crippen LogP) is 3.62. The lowest BCUT2D eigenvalue weighted by Crippen LogP contribution is -1.87. The van der Waals surface area contributed by atoms with Crippen molar-refractivity contribution in [1.29, 1.82) is 0 Å². The standard InChI is InChI=1S/C14H17N/c1-10-6-5-7-11(2)14(10)13-8-12(3)15(4)9-13/h5-9H,1-4H3. The zero-order chi connectivity index (χ0) is 11.0. The lowest BCUT2D eigenvalue weighted by molar-refractivity contribution is 0.883. The van der Waals surface area contributed by atoms with Crippen LogP contribution in [0.5, 0.6) is 0 Å². The van der Waals surface area contributed by atoms with E-state index in [1.165, 1.54) is 27.9 Å². The Labute approximate surface area is 91.4 Å². The summed E-state index contributed by atoms with van der Waals surface area (Å²) in [6.45, 7) is 6.48. The Kier molecular flexibility index (Phi) is 2.39.